The number of allylic oxidation sites excluding steroid dienone is 2. The Morgan fingerprint density at radius 2 is 1.38 bits per heavy atom. The van der Waals surface area contributed by atoms with E-state index in [1.807, 2.05) is 97.1 Å². The van der Waals surface area contributed by atoms with Gasteiger partial charge < -0.3 is 5.11 Å². The molecule has 1 aliphatic heterocycles. The summed E-state index contributed by atoms with van der Waals surface area (Å²) in [6, 6.07) is 30.6. The molecule has 2 bridgehead atoms. The van der Waals surface area contributed by atoms with Crippen molar-refractivity contribution in [1.82, 2.24) is 15.3 Å². The number of imide groups is 1. The number of hydrogen-bond acceptors (Lipinski definition) is 5. The SMILES string of the molecule is O=C1NC(=O)[C@@H]2[C@@H]1[C@@H]1C([C@@](O)(c3ccccc3)c3ccccn3)=C[C@H]2/C1=C(\c1ccccc1)c1ccccn1. The molecule has 2 aromatic heterocycles. The number of nitrogens with zero attached hydrogens (tertiary/aromatic N) is 2. The van der Waals surface area contributed by atoms with Gasteiger partial charge in [-0.3, -0.25) is 24.9 Å². The van der Waals surface area contributed by atoms with Crippen LogP contribution in [0.25, 0.3) is 5.57 Å². The second-order valence-electron chi connectivity index (χ2n) is 10.2. The van der Waals surface area contributed by atoms with Gasteiger partial charge in [-0.15, -0.1) is 0 Å². The molecule has 2 amide bonds. The van der Waals surface area contributed by atoms with E-state index in [1.54, 1.807) is 18.5 Å². The largest absolute Gasteiger partial charge is 0.375 e. The molecular weight excluding hydrogens is 486 g/mol. The first-order valence-electron chi connectivity index (χ1n) is 13.1. The quantitative estimate of drug-likeness (QED) is 0.308. The molecule has 4 aromatic rings. The molecule has 3 heterocycles. The third-order valence-electron chi connectivity index (χ3n) is 8.29. The number of benzene rings is 2. The van der Waals surface area contributed by atoms with Gasteiger partial charge in [-0.2, -0.15) is 0 Å². The third kappa shape index (κ3) is 3.45. The Morgan fingerprint density at radius 1 is 0.744 bits per heavy atom. The van der Waals surface area contributed by atoms with Crippen molar-refractivity contribution in [2.75, 3.05) is 0 Å². The second kappa shape index (κ2) is 8.96. The van der Waals surface area contributed by atoms with Crippen molar-refractivity contribution in [2.45, 2.75) is 5.60 Å². The highest BCUT2D eigenvalue weighted by molar-refractivity contribution is 6.08. The monoisotopic (exact) mass is 511 g/mol. The first-order chi connectivity index (χ1) is 19.1. The van der Waals surface area contributed by atoms with Crippen molar-refractivity contribution in [3.8, 4) is 0 Å². The number of rotatable bonds is 5. The first kappa shape index (κ1) is 23.4. The number of nitrogens with one attached hydrogen (secondary N) is 1. The highest BCUT2D eigenvalue weighted by Gasteiger charge is 2.64. The van der Waals surface area contributed by atoms with Crippen molar-refractivity contribution >= 4 is 17.4 Å². The number of hydrogen-bond donors (Lipinski definition) is 2. The standard InChI is InChI=1S/C33H25N3O3/c37-31-28-22-19-23(33(39,21-13-5-2-6-14-21)25-16-8-10-18-35-25)29(30(28)32(38)36-31)27(22)26(20-11-3-1-4-12-20)24-15-7-9-17-34-24/h1-19,22,28-30,39H,(H,36,37,38)/b27-26-/t22-,28-,29+,30+,33-/m0/s1. The van der Waals surface area contributed by atoms with E-state index in [1.165, 1.54) is 0 Å². The summed E-state index contributed by atoms with van der Waals surface area (Å²) in [5.74, 6) is -2.62. The van der Waals surface area contributed by atoms with Crippen LogP contribution in [-0.4, -0.2) is 26.9 Å². The van der Waals surface area contributed by atoms with Gasteiger partial charge in [0.25, 0.3) is 0 Å². The molecule has 0 unspecified atom stereocenters. The van der Waals surface area contributed by atoms with E-state index in [9.17, 15) is 14.7 Å². The number of pyridine rings is 2. The molecule has 190 valence electrons. The lowest BCUT2D eigenvalue weighted by Gasteiger charge is -2.36. The highest BCUT2D eigenvalue weighted by atomic mass is 16.3. The van der Waals surface area contributed by atoms with Crippen molar-refractivity contribution < 1.29 is 14.7 Å². The van der Waals surface area contributed by atoms with Crippen LogP contribution in [0.15, 0.2) is 127 Å². The van der Waals surface area contributed by atoms with Crippen LogP contribution in [0.5, 0.6) is 0 Å². The molecule has 5 atom stereocenters. The van der Waals surface area contributed by atoms with Crippen LogP contribution < -0.4 is 5.32 Å². The lowest BCUT2D eigenvalue weighted by molar-refractivity contribution is -0.126. The highest BCUT2D eigenvalue weighted by Crippen LogP contribution is 2.63. The summed E-state index contributed by atoms with van der Waals surface area (Å²) >= 11 is 0. The second-order valence-corrected chi connectivity index (χ2v) is 10.2. The summed E-state index contributed by atoms with van der Waals surface area (Å²) in [6.45, 7) is 0. The maximum atomic E-state index is 13.3. The van der Waals surface area contributed by atoms with Gasteiger partial charge in [-0.1, -0.05) is 78.9 Å². The maximum Gasteiger partial charge on any atom is 0.231 e. The van der Waals surface area contributed by atoms with E-state index in [0.29, 0.717) is 16.8 Å². The summed E-state index contributed by atoms with van der Waals surface area (Å²) in [6.07, 6.45) is 5.41. The normalized spacial score (nSPS) is 26.0. The molecule has 39 heavy (non-hydrogen) atoms. The first-order valence-corrected chi connectivity index (χ1v) is 13.1. The summed E-state index contributed by atoms with van der Waals surface area (Å²) in [4.78, 5) is 35.7. The minimum absolute atomic E-state index is 0.264. The molecule has 6 heteroatoms. The average Bonchev–Trinajstić information content (AvgIpc) is 3.63. The van der Waals surface area contributed by atoms with E-state index >= 15 is 0 Å². The smallest absolute Gasteiger partial charge is 0.231 e. The van der Waals surface area contributed by atoms with Crippen molar-refractivity contribution in [3.63, 3.8) is 0 Å². The predicted octanol–water partition coefficient (Wildman–Crippen LogP) is 4.29. The Hall–Kier alpha value is -4.68. The van der Waals surface area contributed by atoms with Crippen LogP contribution >= 0.6 is 0 Å². The van der Waals surface area contributed by atoms with Crippen molar-refractivity contribution in [2.24, 2.45) is 23.7 Å². The maximum absolute atomic E-state index is 13.3. The molecule has 2 fully saturated rings. The van der Waals surface area contributed by atoms with E-state index in [4.69, 9.17) is 4.98 Å². The topological polar surface area (TPSA) is 92.2 Å². The van der Waals surface area contributed by atoms with E-state index in [0.717, 1.165) is 22.4 Å². The molecule has 2 N–H and O–H groups in total. The van der Waals surface area contributed by atoms with Gasteiger partial charge in [-0.05, 0) is 46.5 Å². The Balaban J connectivity index is 1.53. The minimum atomic E-state index is -1.60. The van der Waals surface area contributed by atoms with Crippen LogP contribution in [0.4, 0.5) is 0 Å². The van der Waals surface area contributed by atoms with Gasteiger partial charge >= 0.3 is 0 Å². The van der Waals surface area contributed by atoms with Gasteiger partial charge in [0.05, 0.1) is 23.2 Å². The number of fused-ring (bicyclic) bond motifs is 5. The van der Waals surface area contributed by atoms with E-state index in [2.05, 4.69) is 10.3 Å². The average molecular weight is 512 g/mol. The number of carbonyl (C=O) groups excluding carboxylic acids is 2. The third-order valence-corrected chi connectivity index (χ3v) is 8.29. The van der Waals surface area contributed by atoms with E-state index in [-0.39, 0.29) is 17.7 Å². The Kier molecular flexibility index (Phi) is 5.39. The van der Waals surface area contributed by atoms with Crippen molar-refractivity contribution in [1.29, 1.82) is 0 Å². The van der Waals surface area contributed by atoms with Gasteiger partial charge in [0.15, 0.2) is 5.60 Å². The van der Waals surface area contributed by atoms with Gasteiger partial charge in [0.2, 0.25) is 11.8 Å². The van der Waals surface area contributed by atoms with Crippen LogP contribution in [0.3, 0.4) is 0 Å². The summed E-state index contributed by atoms with van der Waals surface area (Å²) < 4.78 is 0. The fourth-order valence-corrected chi connectivity index (χ4v) is 6.77. The fourth-order valence-electron chi connectivity index (χ4n) is 6.77. The number of carbonyl (C=O) groups is 2. The fraction of sp³-hybridized carbons (Fsp3) is 0.152. The molecule has 2 aromatic carbocycles. The zero-order valence-electron chi connectivity index (χ0n) is 20.9. The van der Waals surface area contributed by atoms with Gasteiger partial charge in [0.1, 0.15) is 0 Å². The lowest BCUT2D eigenvalue weighted by Crippen LogP contribution is -2.38. The Labute approximate surface area is 225 Å². The molecule has 0 spiro atoms. The molecule has 1 saturated heterocycles. The summed E-state index contributed by atoms with van der Waals surface area (Å²) in [7, 11) is 0. The number of aliphatic hydroxyl groups is 1. The zero-order valence-corrected chi connectivity index (χ0v) is 20.9. The zero-order chi connectivity index (χ0) is 26.6. The van der Waals surface area contributed by atoms with Crippen LogP contribution in [0.2, 0.25) is 0 Å². The Morgan fingerprint density at radius 3 is 2.05 bits per heavy atom. The van der Waals surface area contributed by atoms with E-state index < -0.39 is 23.4 Å². The predicted molar refractivity (Wildman–Crippen MR) is 146 cm³/mol. The summed E-state index contributed by atoms with van der Waals surface area (Å²) in [5.41, 5.74) is 3.74. The molecular formula is C33H25N3O3. The Bertz CT molecular complexity index is 1550. The van der Waals surface area contributed by atoms with Gasteiger partial charge in [-0.25, -0.2) is 0 Å². The molecule has 2 aliphatic carbocycles. The number of aromatic nitrogens is 2. The molecule has 3 aliphatic rings. The summed E-state index contributed by atoms with van der Waals surface area (Å²) in [5, 5.41) is 15.3. The molecule has 0 radical (unpaired) electrons. The number of amides is 2. The van der Waals surface area contributed by atoms with Crippen LogP contribution in [0.1, 0.15) is 22.5 Å². The van der Waals surface area contributed by atoms with Crippen LogP contribution in [-0.2, 0) is 15.2 Å². The van der Waals surface area contributed by atoms with Crippen LogP contribution in [0, 0.1) is 23.7 Å². The molecule has 7 rings (SSSR count). The van der Waals surface area contributed by atoms with Gasteiger partial charge in [0, 0.05) is 29.8 Å². The van der Waals surface area contributed by atoms with Crippen molar-refractivity contribution in [3.05, 3.63) is 149 Å². The minimum Gasteiger partial charge on any atom is -0.375 e. The lowest BCUT2D eigenvalue weighted by atomic mass is 9.71. The molecule has 6 nitrogen and oxygen atoms in total. The molecule has 1 saturated carbocycles.